The van der Waals surface area contributed by atoms with Crippen molar-refractivity contribution in [3.05, 3.63) is 0 Å². The summed E-state index contributed by atoms with van der Waals surface area (Å²) in [6, 6.07) is 0. The number of aliphatic hydroxyl groups excluding tert-OH is 2. The molecule has 0 heterocycles. The molecule has 0 amide bonds. The van der Waals surface area contributed by atoms with Crippen molar-refractivity contribution >= 4 is 0 Å². The Morgan fingerprint density at radius 2 is 1.42 bits per heavy atom. The first-order valence-electron chi connectivity index (χ1n) is 5.12. The van der Waals surface area contributed by atoms with E-state index in [4.69, 9.17) is 0 Å². The summed E-state index contributed by atoms with van der Waals surface area (Å²) < 4.78 is 0. The molecule has 0 saturated heterocycles. The molecule has 3 rings (SSSR count). The molecular weight excluding hydrogens is 152 g/mol. The number of rotatable bonds is 0. The molecule has 3 saturated carbocycles. The molecule has 0 spiro atoms. The van der Waals surface area contributed by atoms with E-state index >= 15 is 0 Å². The molecule has 3 bridgehead atoms. The molecule has 2 N–H and O–H groups in total. The summed E-state index contributed by atoms with van der Waals surface area (Å²) in [6.07, 6.45) is 4.11. The molecule has 3 aliphatic carbocycles. The molecule has 0 aliphatic heterocycles. The van der Waals surface area contributed by atoms with Gasteiger partial charge in [-0.15, -0.1) is 0 Å². The highest BCUT2D eigenvalue weighted by atomic mass is 16.3. The zero-order valence-electron chi connectivity index (χ0n) is 7.19. The van der Waals surface area contributed by atoms with Crippen LogP contribution in [0.1, 0.15) is 25.7 Å². The predicted octanol–water partition coefficient (Wildman–Crippen LogP) is 0.774. The highest BCUT2D eigenvalue weighted by Crippen LogP contribution is 2.54. The van der Waals surface area contributed by atoms with Crippen LogP contribution in [0.25, 0.3) is 0 Å². The van der Waals surface area contributed by atoms with Gasteiger partial charge in [0, 0.05) is 0 Å². The van der Waals surface area contributed by atoms with Gasteiger partial charge >= 0.3 is 0 Å². The van der Waals surface area contributed by atoms with Crippen LogP contribution in [0.3, 0.4) is 0 Å². The molecule has 2 heteroatoms. The average Bonchev–Trinajstić information content (AvgIpc) is 2.38. The van der Waals surface area contributed by atoms with Crippen molar-refractivity contribution in [3.8, 4) is 0 Å². The normalized spacial score (nSPS) is 62.5. The van der Waals surface area contributed by atoms with Crippen LogP contribution in [0, 0.1) is 23.7 Å². The summed E-state index contributed by atoms with van der Waals surface area (Å²) in [5.74, 6) is 2.22. The molecule has 6 unspecified atom stereocenters. The lowest BCUT2D eigenvalue weighted by molar-refractivity contribution is -0.0354. The second kappa shape index (κ2) is 2.24. The van der Waals surface area contributed by atoms with E-state index in [1.165, 1.54) is 12.8 Å². The summed E-state index contributed by atoms with van der Waals surface area (Å²) in [6.45, 7) is 0. The second-order valence-electron chi connectivity index (χ2n) is 4.94. The zero-order chi connectivity index (χ0) is 8.29. The molecule has 68 valence electrons. The Hall–Kier alpha value is -0.0800. The summed E-state index contributed by atoms with van der Waals surface area (Å²) >= 11 is 0. The highest BCUT2D eigenvalue weighted by molar-refractivity contribution is 5.02. The zero-order valence-corrected chi connectivity index (χ0v) is 7.19. The van der Waals surface area contributed by atoms with Crippen LogP contribution in [0.4, 0.5) is 0 Å². The van der Waals surface area contributed by atoms with Crippen molar-refractivity contribution in [2.75, 3.05) is 0 Å². The first kappa shape index (κ1) is 7.34. The maximum Gasteiger partial charge on any atom is 0.0597 e. The Bertz CT molecular complexity index is 202. The monoisotopic (exact) mass is 168 g/mol. The molecule has 2 nitrogen and oxygen atoms in total. The smallest absolute Gasteiger partial charge is 0.0597 e. The van der Waals surface area contributed by atoms with E-state index in [1.807, 2.05) is 0 Å². The standard InChI is InChI=1S/C10H16O2/c11-9-4-7-2-5-1-6(10(7)12)3-8(5)9/h5-12H,1-4H2. The van der Waals surface area contributed by atoms with Gasteiger partial charge in [0.1, 0.15) is 0 Å². The van der Waals surface area contributed by atoms with Gasteiger partial charge in [-0.25, -0.2) is 0 Å². The lowest BCUT2D eigenvalue weighted by atomic mass is 9.70. The maximum absolute atomic E-state index is 9.89. The molecule has 0 radical (unpaired) electrons. The summed E-state index contributed by atoms with van der Waals surface area (Å²) in [4.78, 5) is 0. The van der Waals surface area contributed by atoms with Gasteiger partial charge in [-0.1, -0.05) is 0 Å². The Balaban J connectivity index is 1.96. The first-order chi connectivity index (χ1) is 5.75. The Kier molecular flexibility index (Phi) is 1.37. The van der Waals surface area contributed by atoms with Crippen molar-refractivity contribution < 1.29 is 10.2 Å². The molecular formula is C10H16O2. The number of aliphatic hydroxyl groups is 2. The van der Waals surface area contributed by atoms with Gasteiger partial charge in [-0.05, 0) is 49.4 Å². The first-order valence-corrected chi connectivity index (χ1v) is 5.12. The van der Waals surface area contributed by atoms with Crippen LogP contribution in [0.15, 0.2) is 0 Å². The fraction of sp³-hybridized carbons (Fsp3) is 1.00. The third-order valence-corrected chi connectivity index (χ3v) is 4.40. The van der Waals surface area contributed by atoms with Crippen LogP contribution in [0.5, 0.6) is 0 Å². The number of hydrogen-bond donors (Lipinski definition) is 2. The van der Waals surface area contributed by atoms with Crippen molar-refractivity contribution in [3.63, 3.8) is 0 Å². The van der Waals surface area contributed by atoms with E-state index in [9.17, 15) is 10.2 Å². The van der Waals surface area contributed by atoms with Crippen LogP contribution in [0.2, 0.25) is 0 Å². The molecule has 0 aromatic carbocycles. The van der Waals surface area contributed by atoms with Crippen molar-refractivity contribution in [1.82, 2.24) is 0 Å². The van der Waals surface area contributed by atoms with Gasteiger partial charge in [0.25, 0.3) is 0 Å². The van der Waals surface area contributed by atoms with Gasteiger partial charge < -0.3 is 10.2 Å². The summed E-state index contributed by atoms with van der Waals surface area (Å²) in [7, 11) is 0. The fourth-order valence-electron chi connectivity index (χ4n) is 3.86. The Labute approximate surface area is 72.6 Å². The molecule has 3 fully saturated rings. The van der Waals surface area contributed by atoms with Crippen LogP contribution < -0.4 is 0 Å². The van der Waals surface area contributed by atoms with Crippen molar-refractivity contribution in [2.45, 2.75) is 37.9 Å². The third kappa shape index (κ3) is 0.775. The molecule has 0 aromatic heterocycles. The molecule has 6 atom stereocenters. The fourth-order valence-corrected chi connectivity index (χ4v) is 3.86. The Morgan fingerprint density at radius 1 is 0.750 bits per heavy atom. The lowest BCUT2D eigenvalue weighted by Crippen LogP contribution is -2.39. The largest absolute Gasteiger partial charge is 0.393 e. The molecule has 3 aliphatic rings. The minimum Gasteiger partial charge on any atom is -0.393 e. The SMILES string of the molecule is OC1CC2CC3CC(CC13)C2O. The average molecular weight is 168 g/mol. The van der Waals surface area contributed by atoms with Crippen LogP contribution in [-0.4, -0.2) is 22.4 Å². The quantitative estimate of drug-likeness (QED) is 0.561. The van der Waals surface area contributed by atoms with Crippen molar-refractivity contribution in [2.24, 2.45) is 23.7 Å². The van der Waals surface area contributed by atoms with Crippen LogP contribution in [-0.2, 0) is 0 Å². The lowest BCUT2D eigenvalue weighted by Gasteiger charge is -2.39. The summed E-state index contributed by atoms with van der Waals surface area (Å²) in [5.41, 5.74) is 0. The van der Waals surface area contributed by atoms with Gasteiger partial charge in [0.05, 0.1) is 12.2 Å². The second-order valence-corrected chi connectivity index (χ2v) is 4.94. The van der Waals surface area contributed by atoms with E-state index in [2.05, 4.69) is 0 Å². The number of hydrogen-bond acceptors (Lipinski definition) is 2. The molecule has 0 aromatic rings. The van der Waals surface area contributed by atoms with E-state index in [0.29, 0.717) is 17.8 Å². The van der Waals surface area contributed by atoms with Crippen molar-refractivity contribution in [1.29, 1.82) is 0 Å². The van der Waals surface area contributed by atoms with E-state index in [0.717, 1.165) is 18.8 Å². The van der Waals surface area contributed by atoms with Crippen LogP contribution >= 0.6 is 0 Å². The maximum atomic E-state index is 9.89. The topological polar surface area (TPSA) is 40.5 Å². The Morgan fingerprint density at radius 3 is 2.17 bits per heavy atom. The van der Waals surface area contributed by atoms with E-state index in [1.54, 1.807) is 0 Å². The van der Waals surface area contributed by atoms with Gasteiger partial charge in [-0.2, -0.15) is 0 Å². The highest BCUT2D eigenvalue weighted by Gasteiger charge is 2.52. The van der Waals surface area contributed by atoms with Gasteiger partial charge in [-0.3, -0.25) is 0 Å². The minimum atomic E-state index is -0.101. The van der Waals surface area contributed by atoms with E-state index in [-0.39, 0.29) is 12.2 Å². The number of fused-ring (bicyclic) bond motifs is 2. The minimum absolute atomic E-state index is 0.0941. The summed E-state index contributed by atoms with van der Waals surface area (Å²) in [5, 5.41) is 19.7. The van der Waals surface area contributed by atoms with Gasteiger partial charge in [0.15, 0.2) is 0 Å². The van der Waals surface area contributed by atoms with E-state index < -0.39 is 0 Å². The third-order valence-electron chi connectivity index (χ3n) is 4.40. The molecule has 12 heavy (non-hydrogen) atoms. The predicted molar refractivity (Wildman–Crippen MR) is 44.4 cm³/mol. The van der Waals surface area contributed by atoms with Gasteiger partial charge in [0.2, 0.25) is 0 Å².